The van der Waals surface area contributed by atoms with Gasteiger partial charge in [-0.25, -0.2) is 13.8 Å². The van der Waals surface area contributed by atoms with Crippen LogP contribution in [0.1, 0.15) is 18.1 Å². The molecule has 0 fully saturated rings. The van der Waals surface area contributed by atoms with Crippen LogP contribution in [0.4, 0.5) is 8.78 Å². The van der Waals surface area contributed by atoms with Gasteiger partial charge in [0.2, 0.25) is 0 Å². The Morgan fingerprint density at radius 3 is 2.62 bits per heavy atom. The average Bonchev–Trinajstić information content (AvgIpc) is 2.83. The van der Waals surface area contributed by atoms with E-state index in [2.05, 4.69) is 4.98 Å². The number of rotatable bonds is 2. The van der Waals surface area contributed by atoms with E-state index in [1.54, 1.807) is 31.2 Å². The Kier molecular flexibility index (Phi) is 3.59. The average molecular weight is 327 g/mol. The van der Waals surface area contributed by atoms with Crippen LogP contribution in [0, 0.1) is 11.6 Å². The lowest BCUT2D eigenvalue weighted by Crippen LogP contribution is -2.03. The lowest BCUT2D eigenvalue weighted by atomic mass is 10.2. The Labute approximate surface area is 129 Å². The van der Waals surface area contributed by atoms with Crippen LogP contribution in [-0.4, -0.2) is 9.55 Å². The second-order valence-electron chi connectivity index (χ2n) is 4.63. The molecular formula is C15H10Cl2F2N2. The molecule has 0 aliphatic rings. The van der Waals surface area contributed by atoms with E-state index >= 15 is 0 Å². The molecule has 1 unspecified atom stereocenters. The maximum absolute atomic E-state index is 14.2. The smallest absolute Gasteiger partial charge is 0.185 e. The quantitative estimate of drug-likeness (QED) is 0.587. The number of hydrogen-bond acceptors (Lipinski definition) is 1. The first kappa shape index (κ1) is 14.3. The number of aromatic nitrogens is 2. The number of nitrogens with zero attached hydrogens (tertiary/aromatic N) is 2. The highest BCUT2D eigenvalue weighted by atomic mass is 35.5. The molecular weight excluding hydrogens is 317 g/mol. The molecule has 0 radical (unpaired) electrons. The van der Waals surface area contributed by atoms with Gasteiger partial charge in [-0.2, -0.15) is 0 Å². The number of hydrogen-bond donors (Lipinski definition) is 0. The fraction of sp³-hybridized carbons (Fsp3) is 0.133. The highest BCUT2D eigenvalue weighted by Crippen LogP contribution is 2.31. The molecule has 0 N–H and O–H groups in total. The van der Waals surface area contributed by atoms with Crippen LogP contribution in [0.25, 0.3) is 16.7 Å². The maximum Gasteiger partial charge on any atom is 0.185 e. The van der Waals surface area contributed by atoms with Crippen molar-refractivity contribution in [2.24, 2.45) is 0 Å². The Hall–Kier alpha value is -1.65. The van der Waals surface area contributed by atoms with Crippen molar-refractivity contribution in [3.05, 3.63) is 58.9 Å². The van der Waals surface area contributed by atoms with Crippen molar-refractivity contribution in [2.75, 3.05) is 0 Å². The topological polar surface area (TPSA) is 17.8 Å². The Morgan fingerprint density at radius 1 is 1.19 bits per heavy atom. The lowest BCUT2D eigenvalue weighted by molar-refractivity contribution is 0.514. The zero-order valence-electron chi connectivity index (χ0n) is 10.9. The highest BCUT2D eigenvalue weighted by Gasteiger charge is 2.21. The second-order valence-corrected chi connectivity index (χ2v) is 5.72. The van der Waals surface area contributed by atoms with Gasteiger partial charge in [0.05, 0.1) is 10.9 Å². The third-order valence-electron chi connectivity index (χ3n) is 3.16. The summed E-state index contributed by atoms with van der Waals surface area (Å²) in [5.41, 5.74) is 0.980. The van der Waals surface area contributed by atoms with Crippen molar-refractivity contribution in [1.29, 1.82) is 0 Å². The molecule has 2 aromatic carbocycles. The molecule has 6 heteroatoms. The molecule has 0 saturated carbocycles. The van der Waals surface area contributed by atoms with Crippen LogP contribution >= 0.6 is 23.2 Å². The van der Waals surface area contributed by atoms with Gasteiger partial charge in [0, 0.05) is 10.7 Å². The Balaban J connectivity index is 2.43. The zero-order chi connectivity index (χ0) is 15.1. The standard InChI is InChI=1S/C15H10Cl2F2N2/c1-8(16)15-20-12-6-5-11(18)13(19)14(12)21(15)10-4-2-3-9(17)7-10/h2-8H,1H3. The molecule has 0 spiro atoms. The molecule has 21 heavy (non-hydrogen) atoms. The summed E-state index contributed by atoms with van der Waals surface area (Å²) < 4.78 is 29.3. The van der Waals surface area contributed by atoms with Crippen molar-refractivity contribution in [2.45, 2.75) is 12.3 Å². The first-order valence-corrected chi connectivity index (χ1v) is 7.07. The van der Waals surface area contributed by atoms with E-state index in [0.717, 1.165) is 6.07 Å². The van der Waals surface area contributed by atoms with Gasteiger partial charge in [-0.3, -0.25) is 4.57 Å². The summed E-state index contributed by atoms with van der Waals surface area (Å²) in [6.45, 7) is 1.72. The largest absolute Gasteiger partial charge is 0.292 e. The molecule has 108 valence electrons. The van der Waals surface area contributed by atoms with Crippen molar-refractivity contribution in [3.63, 3.8) is 0 Å². The fourth-order valence-electron chi connectivity index (χ4n) is 2.26. The van der Waals surface area contributed by atoms with Crippen LogP contribution in [-0.2, 0) is 0 Å². The SMILES string of the molecule is CC(Cl)c1nc2ccc(F)c(F)c2n1-c1cccc(Cl)c1. The minimum atomic E-state index is -0.955. The molecule has 0 aliphatic heterocycles. The normalized spacial score (nSPS) is 12.8. The predicted molar refractivity (Wildman–Crippen MR) is 80.3 cm³/mol. The van der Waals surface area contributed by atoms with E-state index in [-0.39, 0.29) is 5.52 Å². The maximum atomic E-state index is 14.2. The van der Waals surface area contributed by atoms with Crippen LogP contribution < -0.4 is 0 Å². The summed E-state index contributed by atoms with van der Waals surface area (Å²) >= 11 is 12.1. The monoisotopic (exact) mass is 326 g/mol. The predicted octanol–water partition coefficient (Wildman–Crippen LogP) is 5.26. The summed E-state index contributed by atoms with van der Waals surface area (Å²) in [5.74, 6) is -1.46. The van der Waals surface area contributed by atoms with Gasteiger partial charge in [0.1, 0.15) is 11.3 Å². The van der Waals surface area contributed by atoms with Gasteiger partial charge in [-0.05, 0) is 37.3 Å². The molecule has 2 nitrogen and oxygen atoms in total. The molecule has 1 heterocycles. The van der Waals surface area contributed by atoms with Gasteiger partial charge in [0.15, 0.2) is 11.6 Å². The fourth-order valence-corrected chi connectivity index (χ4v) is 2.59. The van der Waals surface area contributed by atoms with Crippen LogP contribution in [0.5, 0.6) is 0 Å². The van der Waals surface area contributed by atoms with Crippen LogP contribution in [0.2, 0.25) is 5.02 Å². The summed E-state index contributed by atoms with van der Waals surface area (Å²) in [4.78, 5) is 4.30. The van der Waals surface area contributed by atoms with E-state index in [4.69, 9.17) is 23.2 Å². The number of halogens is 4. The summed E-state index contributed by atoms with van der Waals surface area (Å²) in [6, 6.07) is 9.29. The van der Waals surface area contributed by atoms with E-state index in [9.17, 15) is 8.78 Å². The van der Waals surface area contributed by atoms with Gasteiger partial charge >= 0.3 is 0 Å². The van der Waals surface area contributed by atoms with Gasteiger partial charge in [-0.15, -0.1) is 11.6 Å². The van der Waals surface area contributed by atoms with Crippen LogP contribution in [0.15, 0.2) is 36.4 Å². The first-order chi connectivity index (χ1) is 9.99. The minimum Gasteiger partial charge on any atom is -0.292 e. The second kappa shape index (κ2) is 5.28. The Bertz CT molecular complexity index is 828. The third kappa shape index (κ3) is 2.39. The molecule has 0 bridgehead atoms. The molecule has 1 atom stereocenters. The number of imidazole rings is 1. The van der Waals surface area contributed by atoms with Crippen LogP contribution in [0.3, 0.4) is 0 Å². The number of alkyl halides is 1. The van der Waals surface area contributed by atoms with Gasteiger partial charge in [-0.1, -0.05) is 17.7 Å². The molecule has 1 aromatic heterocycles. The third-order valence-corrected chi connectivity index (χ3v) is 3.59. The summed E-state index contributed by atoms with van der Waals surface area (Å²) in [6.07, 6.45) is 0. The summed E-state index contributed by atoms with van der Waals surface area (Å²) in [7, 11) is 0. The lowest BCUT2D eigenvalue weighted by Gasteiger charge is -2.11. The molecule has 0 aliphatic carbocycles. The van der Waals surface area contributed by atoms with E-state index in [1.165, 1.54) is 10.6 Å². The van der Waals surface area contributed by atoms with Crippen molar-refractivity contribution < 1.29 is 8.78 Å². The number of fused-ring (bicyclic) bond motifs is 1. The Morgan fingerprint density at radius 2 is 1.95 bits per heavy atom. The zero-order valence-corrected chi connectivity index (χ0v) is 12.5. The van der Waals surface area contributed by atoms with E-state index in [0.29, 0.717) is 22.1 Å². The van der Waals surface area contributed by atoms with Crippen molar-refractivity contribution >= 4 is 34.2 Å². The summed E-state index contributed by atoms with van der Waals surface area (Å²) in [5, 5.41) is 0.0122. The number of benzene rings is 2. The van der Waals surface area contributed by atoms with Crippen molar-refractivity contribution in [1.82, 2.24) is 9.55 Å². The van der Waals surface area contributed by atoms with E-state index < -0.39 is 17.0 Å². The van der Waals surface area contributed by atoms with E-state index in [1.807, 2.05) is 0 Å². The molecule has 3 aromatic rings. The van der Waals surface area contributed by atoms with Gasteiger partial charge in [0.25, 0.3) is 0 Å². The van der Waals surface area contributed by atoms with Gasteiger partial charge < -0.3 is 0 Å². The molecule has 3 rings (SSSR count). The van der Waals surface area contributed by atoms with Crippen molar-refractivity contribution in [3.8, 4) is 5.69 Å². The molecule has 0 amide bonds. The highest BCUT2D eigenvalue weighted by molar-refractivity contribution is 6.30. The molecule has 0 saturated heterocycles. The minimum absolute atomic E-state index is 0.0553. The first-order valence-electron chi connectivity index (χ1n) is 6.25.